The molecule has 0 aliphatic carbocycles. The van der Waals surface area contributed by atoms with Gasteiger partial charge in [0.2, 0.25) is 0 Å². The lowest BCUT2D eigenvalue weighted by atomic mass is 10.1. The lowest BCUT2D eigenvalue weighted by Crippen LogP contribution is -2.37. The Morgan fingerprint density at radius 2 is 1.46 bits per heavy atom. The molecule has 0 heterocycles. The largest absolute Gasteiger partial charge is 0.478 e. The van der Waals surface area contributed by atoms with Gasteiger partial charge >= 0.3 is 12.0 Å². The van der Waals surface area contributed by atoms with Crippen molar-refractivity contribution >= 4 is 58.2 Å². The molecule has 2 aromatic rings. The summed E-state index contributed by atoms with van der Waals surface area (Å²) in [5.74, 6) is -0.723. The van der Waals surface area contributed by atoms with E-state index in [0.717, 1.165) is 0 Å². The predicted molar refractivity (Wildman–Crippen MR) is 103 cm³/mol. The lowest BCUT2D eigenvalue weighted by Gasteiger charge is -2.21. The highest BCUT2D eigenvalue weighted by Crippen LogP contribution is 2.33. The first-order chi connectivity index (χ1) is 12.1. The van der Waals surface area contributed by atoms with Gasteiger partial charge < -0.3 is 20.5 Å². The second-order valence-electron chi connectivity index (χ2n) is 5.77. The number of rotatable bonds is 5. The number of anilines is 2. The fourth-order valence-corrected chi connectivity index (χ4v) is 2.46. The summed E-state index contributed by atoms with van der Waals surface area (Å²) in [7, 11) is 0. The summed E-state index contributed by atoms with van der Waals surface area (Å²) >= 11 is 17.7. The normalized spacial score (nSPS) is 11.0. The minimum absolute atomic E-state index is 0.208. The number of hydrogen-bond acceptors (Lipinski definition) is 3. The van der Waals surface area contributed by atoms with Crippen molar-refractivity contribution in [3.8, 4) is 5.75 Å². The van der Waals surface area contributed by atoms with Crippen molar-refractivity contribution in [1.29, 1.82) is 0 Å². The van der Waals surface area contributed by atoms with Crippen LogP contribution in [0.1, 0.15) is 13.8 Å². The summed E-state index contributed by atoms with van der Waals surface area (Å²) in [6.45, 7) is 2.88. The van der Waals surface area contributed by atoms with Crippen LogP contribution in [-0.4, -0.2) is 22.7 Å². The first-order valence-corrected chi connectivity index (χ1v) is 8.47. The number of nitrogens with one attached hydrogen (secondary N) is 2. The summed E-state index contributed by atoms with van der Waals surface area (Å²) in [5.41, 5.74) is -0.501. The third-order valence-corrected chi connectivity index (χ3v) is 4.44. The Morgan fingerprint density at radius 1 is 0.962 bits per heavy atom. The maximum Gasteiger partial charge on any atom is 0.347 e. The van der Waals surface area contributed by atoms with Gasteiger partial charge in [0.25, 0.3) is 0 Å². The molecule has 0 bridgehead atoms. The van der Waals surface area contributed by atoms with Crippen LogP contribution in [0, 0.1) is 0 Å². The highest BCUT2D eigenvalue weighted by molar-refractivity contribution is 6.48. The van der Waals surface area contributed by atoms with E-state index in [1.807, 2.05) is 0 Å². The maximum atomic E-state index is 12.0. The molecule has 0 aliphatic rings. The summed E-state index contributed by atoms with van der Waals surface area (Å²) in [4.78, 5) is 23.1. The summed E-state index contributed by atoms with van der Waals surface area (Å²) in [6, 6.07) is 8.69. The fourth-order valence-electron chi connectivity index (χ4n) is 1.87. The summed E-state index contributed by atoms with van der Waals surface area (Å²) < 4.78 is 5.39. The molecule has 0 spiro atoms. The van der Waals surface area contributed by atoms with Gasteiger partial charge in [0, 0.05) is 11.4 Å². The van der Waals surface area contributed by atoms with E-state index < -0.39 is 17.6 Å². The van der Waals surface area contributed by atoms with E-state index >= 15 is 0 Å². The van der Waals surface area contributed by atoms with E-state index in [-0.39, 0.29) is 15.1 Å². The number of urea groups is 1. The van der Waals surface area contributed by atoms with Gasteiger partial charge in [-0.05, 0) is 50.2 Å². The van der Waals surface area contributed by atoms with E-state index in [4.69, 9.17) is 44.6 Å². The van der Waals surface area contributed by atoms with Crippen LogP contribution in [-0.2, 0) is 4.79 Å². The van der Waals surface area contributed by atoms with Gasteiger partial charge in [0.1, 0.15) is 5.75 Å². The topological polar surface area (TPSA) is 87.7 Å². The Labute approximate surface area is 165 Å². The number of halogens is 3. The average Bonchev–Trinajstić information content (AvgIpc) is 2.54. The predicted octanol–water partition coefficient (Wildman–Crippen LogP) is 5.53. The molecular weight excluding hydrogens is 403 g/mol. The molecule has 3 N–H and O–H groups in total. The molecule has 0 saturated carbocycles. The monoisotopic (exact) mass is 416 g/mol. The average molecular weight is 418 g/mol. The Kier molecular flexibility index (Phi) is 6.23. The van der Waals surface area contributed by atoms with Gasteiger partial charge in [-0.1, -0.05) is 34.8 Å². The van der Waals surface area contributed by atoms with E-state index in [0.29, 0.717) is 17.1 Å². The van der Waals surface area contributed by atoms with Crippen molar-refractivity contribution < 1.29 is 19.4 Å². The van der Waals surface area contributed by atoms with Crippen LogP contribution in [0.5, 0.6) is 5.75 Å². The van der Waals surface area contributed by atoms with Crippen LogP contribution in [0.4, 0.5) is 16.2 Å². The molecule has 9 heteroatoms. The molecule has 0 fully saturated rings. The number of carboxylic acid groups (broad SMARTS) is 1. The zero-order valence-corrected chi connectivity index (χ0v) is 16.0. The number of carboxylic acids is 1. The molecule has 0 unspecified atom stereocenters. The second-order valence-corrected chi connectivity index (χ2v) is 6.97. The first kappa shape index (κ1) is 20.2. The number of benzene rings is 2. The van der Waals surface area contributed by atoms with Crippen LogP contribution in [0.2, 0.25) is 15.1 Å². The third kappa shape index (κ3) is 5.17. The van der Waals surface area contributed by atoms with E-state index in [9.17, 15) is 9.59 Å². The number of aliphatic carboxylic acids is 1. The lowest BCUT2D eigenvalue weighted by molar-refractivity contribution is -0.152. The minimum atomic E-state index is -1.36. The Balaban J connectivity index is 2.00. The molecule has 0 aromatic heterocycles. The first-order valence-electron chi connectivity index (χ1n) is 7.33. The quantitative estimate of drug-likeness (QED) is 0.558. The Morgan fingerprint density at radius 3 is 1.96 bits per heavy atom. The van der Waals surface area contributed by atoms with Gasteiger partial charge in [-0.2, -0.15) is 0 Å². The molecule has 0 radical (unpaired) electrons. The Bertz CT molecular complexity index is 815. The molecular formula is C17H15Cl3N2O4. The number of amides is 2. The zero-order chi connectivity index (χ0) is 19.5. The minimum Gasteiger partial charge on any atom is -0.478 e. The van der Waals surface area contributed by atoms with Crippen molar-refractivity contribution in [3.63, 3.8) is 0 Å². The summed E-state index contributed by atoms with van der Waals surface area (Å²) in [6.07, 6.45) is 0. The number of carbonyl (C=O) groups is 2. The molecule has 26 heavy (non-hydrogen) atoms. The van der Waals surface area contributed by atoms with Gasteiger partial charge in [0.15, 0.2) is 5.60 Å². The number of carbonyl (C=O) groups excluding carboxylic acids is 1. The SMILES string of the molecule is CC(C)(Oc1ccc(NC(=O)Nc2cc(Cl)c(Cl)c(Cl)c2)cc1)C(=O)O. The van der Waals surface area contributed by atoms with Crippen LogP contribution in [0.15, 0.2) is 36.4 Å². The van der Waals surface area contributed by atoms with Crippen LogP contribution < -0.4 is 15.4 Å². The molecule has 2 rings (SSSR count). The summed E-state index contributed by atoms with van der Waals surface area (Å²) in [5, 5.41) is 14.9. The van der Waals surface area contributed by atoms with Crippen LogP contribution >= 0.6 is 34.8 Å². The van der Waals surface area contributed by atoms with Crippen molar-refractivity contribution in [3.05, 3.63) is 51.5 Å². The van der Waals surface area contributed by atoms with E-state index in [2.05, 4.69) is 10.6 Å². The molecule has 0 aliphatic heterocycles. The van der Waals surface area contributed by atoms with Gasteiger partial charge in [-0.3, -0.25) is 0 Å². The number of ether oxygens (including phenoxy) is 1. The second kappa shape index (κ2) is 8.03. The van der Waals surface area contributed by atoms with Crippen molar-refractivity contribution in [1.82, 2.24) is 0 Å². The molecule has 138 valence electrons. The number of hydrogen-bond donors (Lipinski definition) is 3. The maximum absolute atomic E-state index is 12.0. The highest BCUT2D eigenvalue weighted by atomic mass is 35.5. The highest BCUT2D eigenvalue weighted by Gasteiger charge is 2.29. The third-order valence-electron chi connectivity index (χ3n) is 3.24. The molecule has 2 aromatic carbocycles. The van der Waals surface area contributed by atoms with E-state index in [1.165, 1.54) is 26.0 Å². The fraction of sp³-hybridized carbons (Fsp3) is 0.176. The smallest absolute Gasteiger partial charge is 0.347 e. The van der Waals surface area contributed by atoms with Crippen molar-refractivity contribution in [2.75, 3.05) is 10.6 Å². The Hall–Kier alpha value is -2.15. The van der Waals surface area contributed by atoms with Gasteiger partial charge in [-0.15, -0.1) is 0 Å². The van der Waals surface area contributed by atoms with Gasteiger partial charge in [0.05, 0.1) is 15.1 Å². The molecule has 0 saturated heterocycles. The molecule has 2 amide bonds. The molecule has 6 nitrogen and oxygen atoms in total. The van der Waals surface area contributed by atoms with Crippen LogP contribution in [0.3, 0.4) is 0 Å². The van der Waals surface area contributed by atoms with Crippen molar-refractivity contribution in [2.45, 2.75) is 19.4 Å². The van der Waals surface area contributed by atoms with Crippen LogP contribution in [0.25, 0.3) is 0 Å². The zero-order valence-electron chi connectivity index (χ0n) is 13.8. The van der Waals surface area contributed by atoms with Crippen molar-refractivity contribution in [2.24, 2.45) is 0 Å². The molecule has 0 atom stereocenters. The standard InChI is InChI=1S/C17H15Cl3N2O4/c1-17(2,15(23)24)26-11-5-3-9(4-6-11)21-16(25)22-10-7-12(18)14(20)13(19)8-10/h3-8H,1-2H3,(H,23,24)(H2,21,22,25). The van der Waals surface area contributed by atoms with Gasteiger partial charge in [-0.25, -0.2) is 9.59 Å². The van der Waals surface area contributed by atoms with E-state index in [1.54, 1.807) is 24.3 Å².